The first-order chi connectivity index (χ1) is 11.2. The van der Waals surface area contributed by atoms with Gasteiger partial charge in [0.25, 0.3) is 0 Å². The van der Waals surface area contributed by atoms with Crippen LogP contribution in [0.3, 0.4) is 0 Å². The predicted molar refractivity (Wildman–Crippen MR) is 78.4 cm³/mol. The maximum atomic E-state index is 12.3. The Morgan fingerprint density at radius 1 is 1.29 bits per heavy atom. The van der Waals surface area contributed by atoms with Crippen LogP contribution in [0.25, 0.3) is 0 Å². The number of alkyl halides is 3. The number of benzene rings is 1. The van der Waals surface area contributed by atoms with Gasteiger partial charge in [-0.2, -0.15) is 13.2 Å². The third kappa shape index (κ3) is 4.62. The van der Waals surface area contributed by atoms with Crippen molar-refractivity contribution in [1.29, 1.82) is 0 Å². The number of carbonyl (C=O) groups is 2. The second kappa shape index (κ2) is 7.11. The molecule has 2 unspecified atom stereocenters. The number of hydrogen-bond acceptors (Lipinski definition) is 3. The fourth-order valence-electron chi connectivity index (χ4n) is 2.52. The monoisotopic (exact) mass is 345 g/mol. The summed E-state index contributed by atoms with van der Waals surface area (Å²) in [7, 11) is 0. The van der Waals surface area contributed by atoms with Gasteiger partial charge >= 0.3 is 12.1 Å². The molecule has 0 radical (unpaired) electrons. The quantitative estimate of drug-likeness (QED) is 0.831. The number of aryl methyl sites for hydroxylation is 1. The lowest BCUT2D eigenvalue weighted by Crippen LogP contribution is -2.43. The van der Waals surface area contributed by atoms with Crippen molar-refractivity contribution < 1.29 is 32.6 Å². The Hall–Kier alpha value is -2.25. The predicted octanol–water partition coefficient (Wildman–Crippen LogP) is 2.66. The van der Waals surface area contributed by atoms with Gasteiger partial charge in [-0.05, 0) is 31.4 Å². The van der Waals surface area contributed by atoms with Gasteiger partial charge in [-0.15, -0.1) is 0 Å². The number of nitrogens with one attached hydrogen (secondary N) is 1. The highest BCUT2D eigenvalue weighted by Gasteiger charge is 2.41. The molecule has 1 saturated carbocycles. The molecule has 0 spiro atoms. The molecule has 2 atom stereocenters. The molecule has 5 nitrogen and oxygen atoms in total. The maximum Gasteiger partial charge on any atom is 0.422 e. The van der Waals surface area contributed by atoms with E-state index >= 15 is 0 Å². The first kappa shape index (κ1) is 18.1. The van der Waals surface area contributed by atoms with E-state index in [9.17, 15) is 22.8 Å². The summed E-state index contributed by atoms with van der Waals surface area (Å²) in [5.41, 5.74) is 1.14. The Morgan fingerprint density at radius 2 is 1.96 bits per heavy atom. The zero-order chi connectivity index (χ0) is 17.9. The lowest BCUT2D eigenvalue weighted by molar-refractivity contribution is -0.153. The van der Waals surface area contributed by atoms with Crippen molar-refractivity contribution in [2.24, 2.45) is 11.8 Å². The van der Waals surface area contributed by atoms with Crippen molar-refractivity contribution in [1.82, 2.24) is 5.32 Å². The number of hydrogen-bond donors (Lipinski definition) is 2. The lowest BCUT2D eigenvalue weighted by atomic mass is 9.73. The van der Waals surface area contributed by atoms with Gasteiger partial charge in [0.05, 0.1) is 11.8 Å². The normalized spacial score (nSPS) is 20.2. The van der Waals surface area contributed by atoms with E-state index in [-0.39, 0.29) is 12.3 Å². The molecule has 0 saturated heterocycles. The minimum Gasteiger partial charge on any atom is -0.484 e. The number of carbonyl (C=O) groups excluding carboxylic acids is 1. The van der Waals surface area contributed by atoms with E-state index in [1.54, 1.807) is 19.1 Å². The second-order valence-corrected chi connectivity index (χ2v) is 5.86. The fourth-order valence-corrected chi connectivity index (χ4v) is 2.52. The number of halogens is 3. The Bertz CT molecular complexity index is 630. The van der Waals surface area contributed by atoms with E-state index in [0.717, 1.165) is 5.56 Å². The van der Waals surface area contributed by atoms with Gasteiger partial charge in [-0.3, -0.25) is 9.59 Å². The van der Waals surface area contributed by atoms with E-state index in [2.05, 4.69) is 5.32 Å². The van der Waals surface area contributed by atoms with E-state index < -0.39 is 36.5 Å². The molecule has 1 aromatic carbocycles. The van der Waals surface area contributed by atoms with Crippen LogP contribution in [0.4, 0.5) is 13.2 Å². The molecule has 1 aromatic rings. The molecule has 24 heavy (non-hydrogen) atoms. The Labute approximate surface area is 136 Å². The standard InChI is InChI=1S/C16H18F3NO4/c1-9-2-3-10(13(6-9)24-8-16(17,18)19)7-20-14(21)11-4-5-12(11)15(22)23/h2-3,6,11-12H,4-5,7-8H2,1H3,(H,20,21)(H,22,23). The van der Waals surface area contributed by atoms with Crippen LogP contribution in [0.1, 0.15) is 24.0 Å². The number of rotatable bonds is 6. The molecule has 2 rings (SSSR count). The highest BCUT2D eigenvalue weighted by molar-refractivity contribution is 5.86. The van der Waals surface area contributed by atoms with Crippen LogP contribution < -0.4 is 10.1 Å². The smallest absolute Gasteiger partial charge is 0.422 e. The zero-order valence-electron chi connectivity index (χ0n) is 13.0. The Balaban J connectivity index is 1.99. The van der Waals surface area contributed by atoms with Gasteiger partial charge in [0, 0.05) is 12.1 Å². The van der Waals surface area contributed by atoms with Gasteiger partial charge in [0.15, 0.2) is 6.61 Å². The largest absolute Gasteiger partial charge is 0.484 e. The molecule has 0 bridgehead atoms. The summed E-state index contributed by atoms with van der Waals surface area (Å²) in [5, 5.41) is 11.5. The molecular formula is C16H18F3NO4. The van der Waals surface area contributed by atoms with Crippen molar-refractivity contribution in [2.75, 3.05) is 6.61 Å². The molecule has 1 aliphatic carbocycles. The van der Waals surface area contributed by atoms with E-state index in [1.165, 1.54) is 6.07 Å². The van der Waals surface area contributed by atoms with Crippen LogP contribution in [0.15, 0.2) is 18.2 Å². The van der Waals surface area contributed by atoms with Crippen LogP contribution in [0, 0.1) is 18.8 Å². The molecule has 1 aliphatic rings. The summed E-state index contributed by atoms with van der Waals surface area (Å²) >= 11 is 0. The summed E-state index contributed by atoms with van der Waals surface area (Å²) in [6, 6.07) is 4.75. The molecule has 0 aromatic heterocycles. The van der Waals surface area contributed by atoms with Gasteiger partial charge in [0.2, 0.25) is 5.91 Å². The molecule has 8 heteroatoms. The molecular weight excluding hydrogens is 327 g/mol. The van der Waals surface area contributed by atoms with Gasteiger partial charge < -0.3 is 15.2 Å². The minimum absolute atomic E-state index is 0.0187. The third-order valence-electron chi connectivity index (χ3n) is 4.00. The number of carboxylic acids is 1. The molecule has 132 valence electrons. The fraction of sp³-hybridized carbons (Fsp3) is 0.500. The molecule has 2 N–H and O–H groups in total. The number of ether oxygens (including phenoxy) is 1. The number of aliphatic carboxylic acids is 1. The van der Waals surface area contributed by atoms with Crippen LogP contribution in [-0.2, 0) is 16.1 Å². The first-order valence-electron chi connectivity index (χ1n) is 7.47. The van der Waals surface area contributed by atoms with E-state index in [1.807, 2.05) is 0 Å². The van der Waals surface area contributed by atoms with Gasteiger partial charge in [0.1, 0.15) is 5.75 Å². The molecule has 1 fully saturated rings. The summed E-state index contributed by atoms with van der Waals surface area (Å²) in [6.07, 6.45) is -3.50. The Kier molecular flexibility index (Phi) is 5.36. The van der Waals surface area contributed by atoms with Crippen molar-refractivity contribution in [2.45, 2.75) is 32.5 Å². The number of amides is 1. The van der Waals surface area contributed by atoms with Crippen LogP contribution in [-0.4, -0.2) is 29.8 Å². The third-order valence-corrected chi connectivity index (χ3v) is 4.00. The van der Waals surface area contributed by atoms with Crippen LogP contribution >= 0.6 is 0 Å². The minimum atomic E-state index is -4.45. The SMILES string of the molecule is Cc1ccc(CNC(=O)C2CCC2C(=O)O)c(OCC(F)(F)F)c1. The highest BCUT2D eigenvalue weighted by atomic mass is 19.4. The van der Waals surface area contributed by atoms with Gasteiger partial charge in [-0.1, -0.05) is 12.1 Å². The van der Waals surface area contributed by atoms with Crippen LogP contribution in [0.2, 0.25) is 0 Å². The Morgan fingerprint density at radius 3 is 2.50 bits per heavy atom. The topological polar surface area (TPSA) is 75.6 Å². The lowest BCUT2D eigenvalue weighted by Gasteiger charge is -2.32. The molecule has 1 amide bonds. The van der Waals surface area contributed by atoms with Crippen molar-refractivity contribution in [3.63, 3.8) is 0 Å². The zero-order valence-corrected chi connectivity index (χ0v) is 13.0. The summed E-state index contributed by atoms with van der Waals surface area (Å²) < 4.78 is 41.8. The van der Waals surface area contributed by atoms with Crippen molar-refractivity contribution in [3.8, 4) is 5.75 Å². The average Bonchev–Trinajstić information content (AvgIpc) is 2.41. The highest BCUT2D eigenvalue weighted by Crippen LogP contribution is 2.34. The summed E-state index contributed by atoms with van der Waals surface area (Å²) in [4.78, 5) is 22.9. The first-order valence-corrected chi connectivity index (χ1v) is 7.47. The maximum absolute atomic E-state index is 12.3. The van der Waals surface area contributed by atoms with Crippen molar-refractivity contribution >= 4 is 11.9 Å². The molecule has 0 aliphatic heterocycles. The van der Waals surface area contributed by atoms with E-state index in [4.69, 9.17) is 9.84 Å². The average molecular weight is 345 g/mol. The second-order valence-electron chi connectivity index (χ2n) is 5.86. The van der Waals surface area contributed by atoms with Crippen molar-refractivity contribution in [3.05, 3.63) is 29.3 Å². The van der Waals surface area contributed by atoms with E-state index in [0.29, 0.717) is 18.4 Å². The van der Waals surface area contributed by atoms with Gasteiger partial charge in [-0.25, -0.2) is 0 Å². The summed E-state index contributed by atoms with van der Waals surface area (Å²) in [6.45, 7) is 0.283. The summed E-state index contributed by atoms with van der Waals surface area (Å²) in [5.74, 6) is -2.64. The van der Waals surface area contributed by atoms with Crippen LogP contribution in [0.5, 0.6) is 5.75 Å². The molecule has 0 heterocycles. The number of carboxylic acid groups (broad SMARTS) is 1.